The molecule has 0 saturated heterocycles. The van der Waals surface area contributed by atoms with Gasteiger partial charge >= 0.3 is 11.9 Å². The van der Waals surface area contributed by atoms with E-state index < -0.39 is 60.2 Å². The SMILES string of the molecule is CCC(C)C(N)C(=O)NC(C(=O)NC(CCC(=O)O)C(=O)NC(CS)C(=O)O)C(C)CC. The van der Waals surface area contributed by atoms with Crippen LogP contribution in [0.3, 0.4) is 0 Å². The highest BCUT2D eigenvalue weighted by Gasteiger charge is 2.33. The van der Waals surface area contributed by atoms with Crippen molar-refractivity contribution in [1.29, 1.82) is 0 Å². The molecule has 7 N–H and O–H groups in total. The maximum absolute atomic E-state index is 13.0. The number of carboxylic acids is 2. The average Bonchev–Trinajstić information content (AvgIpc) is 2.75. The minimum absolute atomic E-state index is 0.112. The van der Waals surface area contributed by atoms with Gasteiger partial charge in [0.2, 0.25) is 17.7 Å². The molecule has 0 aliphatic carbocycles. The van der Waals surface area contributed by atoms with E-state index in [0.29, 0.717) is 12.8 Å². The van der Waals surface area contributed by atoms with Crippen LogP contribution >= 0.6 is 12.6 Å². The molecule has 0 aliphatic heterocycles. The fraction of sp³-hybridized carbons (Fsp3) is 0.750. The molecule has 6 unspecified atom stereocenters. The zero-order valence-electron chi connectivity index (χ0n) is 19.0. The number of carboxylic acid groups (broad SMARTS) is 2. The minimum atomic E-state index is -1.32. The number of nitrogens with one attached hydrogen (secondary N) is 3. The van der Waals surface area contributed by atoms with Crippen LogP contribution in [0.4, 0.5) is 0 Å². The van der Waals surface area contributed by atoms with Crippen LogP contribution in [-0.4, -0.2) is 69.8 Å². The molecule has 0 aromatic rings. The molecule has 184 valence electrons. The second-order valence-electron chi connectivity index (χ2n) is 7.86. The molecule has 0 heterocycles. The van der Waals surface area contributed by atoms with Crippen molar-refractivity contribution < 1.29 is 34.2 Å². The molecule has 0 aromatic carbocycles. The number of hydrogen-bond acceptors (Lipinski definition) is 7. The summed E-state index contributed by atoms with van der Waals surface area (Å²) in [6.07, 6.45) is 0.501. The molecule has 0 rings (SSSR count). The van der Waals surface area contributed by atoms with E-state index in [1.165, 1.54) is 0 Å². The summed E-state index contributed by atoms with van der Waals surface area (Å²) in [4.78, 5) is 60.2. The van der Waals surface area contributed by atoms with Crippen molar-refractivity contribution in [3.63, 3.8) is 0 Å². The fourth-order valence-electron chi connectivity index (χ4n) is 2.72. The van der Waals surface area contributed by atoms with Gasteiger partial charge in [-0.3, -0.25) is 19.2 Å². The molecule has 6 atom stereocenters. The smallest absolute Gasteiger partial charge is 0.327 e. The van der Waals surface area contributed by atoms with Gasteiger partial charge < -0.3 is 31.9 Å². The third kappa shape index (κ3) is 9.86. The average molecular weight is 477 g/mol. The zero-order chi connectivity index (χ0) is 25.0. The second kappa shape index (κ2) is 14.7. The molecule has 0 aromatic heterocycles. The van der Waals surface area contributed by atoms with Gasteiger partial charge in [-0.1, -0.05) is 40.5 Å². The topological polar surface area (TPSA) is 188 Å². The van der Waals surface area contributed by atoms with Gasteiger partial charge in [0.15, 0.2) is 0 Å². The van der Waals surface area contributed by atoms with Gasteiger partial charge in [-0.2, -0.15) is 12.6 Å². The van der Waals surface area contributed by atoms with Crippen molar-refractivity contribution in [2.45, 2.75) is 77.5 Å². The van der Waals surface area contributed by atoms with E-state index >= 15 is 0 Å². The third-order valence-electron chi connectivity index (χ3n) is 5.43. The van der Waals surface area contributed by atoms with Gasteiger partial charge in [0, 0.05) is 12.2 Å². The summed E-state index contributed by atoms with van der Waals surface area (Å²) in [6, 6.07) is -4.46. The number of aliphatic carboxylic acids is 2. The molecule has 11 nitrogen and oxygen atoms in total. The van der Waals surface area contributed by atoms with E-state index in [2.05, 4.69) is 28.6 Å². The first-order chi connectivity index (χ1) is 14.9. The molecule has 0 aliphatic rings. The van der Waals surface area contributed by atoms with Crippen molar-refractivity contribution in [3.8, 4) is 0 Å². The Morgan fingerprint density at radius 3 is 1.81 bits per heavy atom. The lowest BCUT2D eigenvalue weighted by molar-refractivity contribution is -0.142. The number of hydrogen-bond donors (Lipinski definition) is 7. The Balaban J connectivity index is 5.57. The molecule has 32 heavy (non-hydrogen) atoms. The van der Waals surface area contributed by atoms with Gasteiger partial charge in [0.25, 0.3) is 0 Å². The summed E-state index contributed by atoms with van der Waals surface area (Å²) in [5.74, 6) is -5.17. The second-order valence-corrected chi connectivity index (χ2v) is 8.22. The summed E-state index contributed by atoms with van der Waals surface area (Å²) in [5.41, 5.74) is 5.95. The monoisotopic (exact) mass is 476 g/mol. The van der Waals surface area contributed by atoms with E-state index in [0.717, 1.165) is 0 Å². The van der Waals surface area contributed by atoms with E-state index in [1.807, 2.05) is 20.8 Å². The van der Waals surface area contributed by atoms with Crippen LogP contribution in [0.15, 0.2) is 0 Å². The van der Waals surface area contributed by atoms with Crippen LogP contribution in [0.2, 0.25) is 0 Å². The molecule has 0 bridgehead atoms. The van der Waals surface area contributed by atoms with E-state index in [9.17, 15) is 24.0 Å². The van der Waals surface area contributed by atoms with E-state index in [4.69, 9.17) is 15.9 Å². The first-order valence-electron chi connectivity index (χ1n) is 10.6. The Morgan fingerprint density at radius 1 is 0.844 bits per heavy atom. The van der Waals surface area contributed by atoms with Crippen LogP contribution in [0.5, 0.6) is 0 Å². The summed E-state index contributed by atoms with van der Waals surface area (Å²) in [7, 11) is 0. The zero-order valence-corrected chi connectivity index (χ0v) is 19.9. The van der Waals surface area contributed by atoms with Crippen molar-refractivity contribution in [3.05, 3.63) is 0 Å². The highest BCUT2D eigenvalue weighted by molar-refractivity contribution is 7.80. The lowest BCUT2D eigenvalue weighted by atomic mass is 9.95. The van der Waals surface area contributed by atoms with Crippen molar-refractivity contribution in [2.75, 3.05) is 5.75 Å². The predicted octanol–water partition coefficient (Wildman–Crippen LogP) is -0.260. The van der Waals surface area contributed by atoms with Crippen LogP contribution in [0, 0.1) is 11.8 Å². The van der Waals surface area contributed by atoms with Gasteiger partial charge in [0.05, 0.1) is 6.04 Å². The first kappa shape index (κ1) is 29.7. The van der Waals surface area contributed by atoms with Crippen molar-refractivity contribution >= 4 is 42.3 Å². The maximum atomic E-state index is 13.0. The summed E-state index contributed by atoms with van der Waals surface area (Å²) in [6.45, 7) is 7.27. The number of amides is 3. The number of thiol groups is 1. The number of carbonyl (C=O) groups is 5. The van der Waals surface area contributed by atoms with Gasteiger partial charge in [0.1, 0.15) is 18.1 Å². The molecular formula is C20H36N4O7S. The van der Waals surface area contributed by atoms with E-state index in [-0.39, 0.29) is 24.0 Å². The maximum Gasteiger partial charge on any atom is 0.327 e. The standard InChI is InChI=1S/C20H36N4O7S/c1-5-10(3)15(21)18(28)24-16(11(4)6-2)19(29)22-12(7-8-14(25)26)17(27)23-13(9-32)20(30)31/h10-13,15-16,32H,5-9,21H2,1-4H3,(H,22,29)(H,23,27)(H,24,28)(H,25,26)(H,30,31). The Kier molecular flexibility index (Phi) is 13.6. The van der Waals surface area contributed by atoms with Crippen LogP contribution in [-0.2, 0) is 24.0 Å². The normalized spacial score (nSPS) is 16.6. The molecule has 0 fully saturated rings. The third-order valence-corrected chi connectivity index (χ3v) is 5.80. The van der Waals surface area contributed by atoms with Gasteiger partial charge in [-0.15, -0.1) is 0 Å². The molecule has 0 saturated carbocycles. The van der Waals surface area contributed by atoms with Crippen LogP contribution < -0.4 is 21.7 Å². The number of nitrogens with two attached hydrogens (primary N) is 1. The molecule has 0 spiro atoms. The Bertz CT molecular complexity index is 676. The lowest BCUT2D eigenvalue weighted by Crippen LogP contribution is -2.59. The van der Waals surface area contributed by atoms with E-state index in [1.54, 1.807) is 6.92 Å². The largest absolute Gasteiger partial charge is 0.481 e. The quantitative estimate of drug-likeness (QED) is 0.157. The highest BCUT2D eigenvalue weighted by atomic mass is 32.1. The molecular weight excluding hydrogens is 440 g/mol. The van der Waals surface area contributed by atoms with Gasteiger partial charge in [-0.05, 0) is 18.3 Å². The fourth-order valence-corrected chi connectivity index (χ4v) is 2.97. The van der Waals surface area contributed by atoms with Gasteiger partial charge in [-0.25, -0.2) is 4.79 Å². The Hall–Kier alpha value is -2.34. The molecule has 0 radical (unpaired) electrons. The number of carbonyl (C=O) groups excluding carboxylic acids is 3. The Labute approximate surface area is 193 Å². The summed E-state index contributed by atoms with van der Waals surface area (Å²) in [5, 5.41) is 25.4. The summed E-state index contributed by atoms with van der Waals surface area (Å²) < 4.78 is 0. The summed E-state index contributed by atoms with van der Waals surface area (Å²) >= 11 is 3.87. The predicted molar refractivity (Wildman–Crippen MR) is 121 cm³/mol. The van der Waals surface area contributed by atoms with Crippen molar-refractivity contribution in [2.24, 2.45) is 17.6 Å². The van der Waals surface area contributed by atoms with Crippen molar-refractivity contribution in [1.82, 2.24) is 16.0 Å². The van der Waals surface area contributed by atoms with Crippen LogP contribution in [0.1, 0.15) is 53.4 Å². The Morgan fingerprint density at radius 2 is 1.38 bits per heavy atom. The molecule has 3 amide bonds. The number of rotatable bonds is 15. The first-order valence-corrected chi connectivity index (χ1v) is 11.2. The molecule has 12 heteroatoms. The lowest BCUT2D eigenvalue weighted by Gasteiger charge is -2.28. The highest BCUT2D eigenvalue weighted by Crippen LogP contribution is 2.12. The van der Waals surface area contributed by atoms with Crippen LogP contribution in [0.25, 0.3) is 0 Å². The minimum Gasteiger partial charge on any atom is -0.481 e.